The molecule has 0 aromatic rings. The molecule has 2 rings (SSSR count). The van der Waals surface area contributed by atoms with E-state index in [0.717, 1.165) is 12.0 Å². The lowest BCUT2D eigenvalue weighted by atomic mass is 9.97. The fourth-order valence-corrected chi connectivity index (χ4v) is 3.11. The summed E-state index contributed by atoms with van der Waals surface area (Å²) in [6.07, 6.45) is 6.95. The molecule has 100 valence electrons. The molecule has 0 radical (unpaired) electrons. The Kier molecular flexibility index (Phi) is 4.48. The van der Waals surface area contributed by atoms with Gasteiger partial charge in [0.2, 0.25) is 0 Å². The van der Waals surface area contributed by atoms with Crippen molar-refractivity contribution in [2.24, 2.45) is 11.3 Å². The second kappa shape index (κ2) is 5.71. The quantitative estimate of drug-likeness (QED) is 0.792. The summed E-state index contributed by atoms with van der Waals surface area (Å²) in [7, 11) is 0. The highest BCUT2D eigenvalue weighted by Crippen LogP contribution is 2.49. The third-order valence-corrected chi connectivity index (χ3v) is 5.11. The van der Waals surface area contributed by atoms with E-state index in [0.29, 0.717) is 5.41 Å². The molecule has 1 saturated heterocycles. The summed E-state index contributed by atoms with van der Waals surface area (Å²) in [5, 5.41) is 3.74. The predicted octanol–water partition coefficient (Wildman–Crippen LogP) is 2.89. The first-order valence-electron chi connectivity index (χ1n) is 7.65. The lowest BCUT2D eigenvalue weighted by Crippen LogP contribution is -2.43. The summed E-state index contributed by atoms with van der Waals surface area (Å²) in [6, 6.07) is 0.718. The van der Waals surface area contributed by atoms with Gasteiger partial charge in [0.05, 0.1) is 0 Å². The zero-order valence-electron chi connectivity index (χ0n) is 12.0. The minimum atomic E-state index is 0.713. The van der Waals surface area contributed by atoms with E-state index in [1.54, 1.807) is 0 Å². The molecule has 1 saturated carbocycles. The Morgan fingerprint density at radius 3 is 2.71 bits per heavy atom. The SMILES string of the molecule is CCC(C)C1CN(CC2(CC)CC2)CCCN1. The molecular weight excluding hydrogens is 208 g/mol. The Hall–Kier alpha value is -0.0800. The van der Waals surface area contributed by atoms with E-state index >= 15 is 0 Å². The Balaban J connectivity index is 1.88. The molecule has 2 unspecified atom stereocenters. The summed E-state index contributed by atoms with van der Waals surface area (Å²) in [5.74, 6) is 0.812. The van der Waals surface area contributed by atoms with Gasteiger partial charge in [-0.3, -0.25) is 0 Å². The second-order valence-electron chi connectivity index (χ2n) is 6.39. The van der Waals surface area contributed by atoms with Crippen molar-refractivity contribution in [2.75, 3.05) is 26.2 Å². The van der Waals surface area contributed by atoms with Gasteiger partial charge in [0.15, 0.2) is 0 Å². The second-order valence-corrected chi connectivity index (χ2v) is 6.39. The van der Waals surface area contributed by atoms with Crippen LogP contribution < -0.4 is 5.32 Å². The molecule has 1 aliphatic heterocycles. The topological polar surface area (TPSA) is 15.3 Å². The minimum Gasteiger partial charge on any atom is -0.312 e. The first-order chi connectivity index (χ1) is 8.19. The largest absolute Gasteiger partial charge is 0.312 e. The van der Waals surface area contributed by atoms with Crippen LogP contribution in [0.5, 0.6) is 0 Å². The van der Waals surface area contributed by atoms with E-state index in [1.165, 1.54) is 58.3 Å². The van der Waals surface area contributed by atoms with Gasteiger partial charge in [-0.15, -0.1) is 0 Å². The molecule has 2 nitrogen and oxygen atoms in total. The Morgan fingerprint density at radius 2 is 2.12 bits per heavy atom. The van der Waals surface area contributed by atoms with Crippen LogP contribution in [0.3, 0.4) is 0 Å². The molecule has 17 heavy (non-hydrogen) atoms. The molecule has 0 aromatic heterocycles. The van der Waals surface area contributed by atoms with Gasteiger partial charge in [-0.25, -0.2) is 0 Å². The third-order valence-electron chi connectivity index (χ3n) is 5.11. The third kappa shape index (κ3) is 3.45. The molecule has 0 bridgehead atoms. The fraction of sp³-hybridized carbons (Fsp3) is 1.00. The highest BCUT2D eigenvalue weighted by Gasteiger charge is 2.42. The zero-order valence-corrected chi connectivity index (χ0v) is 12.0. The van der Waals surface area contributed by atoms with Crippen LogP contribution in [0.4, 0.5) is 0 Å². The summed E-state index contributed by atoms with van der Waals surface area (Å²) in [4.78, 5) is 2.74. The van der Waals surface area contributed by atoms with Crippen molar-refractivity contribution in [2.45, 2.75) is 58.9 Å². The molecule has 2 atom stereocenters. The van der Waals surface area contributed by atoms with Crippen molar-refractivity contribution in [3.05, 3.63) is 0 Å². The van der Waals surface area contributed by atoms with E-state index < -0.39 is 0 Å². The minimum absolute atomic E-state index is 0.713. The van der Waals surface area contributed by atoms with Gasteiger partial charge < -0.3 is 10.2 Å². The fourth-order valence-electron chi connectivity index (χ4n) is 3.11. The van der Waals surface area contributed by atoms with E-state index in [1.807, 2.05) is 0 Å². The maximum Gasteiger partial charge on any atom is 0.0220 e. The molecular formula is C15H30N2. The Bertz CT molecular complexity index is 235. The number of hydrogen-bond acceptors (Lipinski definition) is 2. The molecule has 2 heteroatoms. The predicted molar refractivity (Wildman–Crippen MR) is 74.3 cm³/mol. The van der Waals surface area contributed by atoms with Crippen molar-refractivity contribution in [1.82, 2.24) is 10.2 Å². The Labute approximate surface area is 107 Å². The molecule has 1 aliphatic carbocycles. The Morgan fingerprint density at radius 1 is 1.35 bits per heavy atom. The van der Waals surface area contributed by atoms with Crippen LogP contribution in [0.25, 0.3) is 0 Å². The highest BCUT2D eigenvalue weighted by atomic mass is 15.2. The van der Waals surface area contributed by atoms with E-state index in [4.69, 9.17) is 0 Å². The lowest BCUT2D eigenvalue weighted by Gasteiger charge is -2.30. The van der Waals surface area contributed by atoms with Crippen LogP contribution in [-0.2, 0) is 0 Å². The zero-order chi connectivity index (χ0) is 12.3. The van der Waals surface area contributed by atoms with Gasteiger partial charge in [0.1, 0.15) is 0 Å². The van der Waals surface area contributed by atoms with Crippen molar-refractivity contribution >= 4 is 0 Å². The van der Waals surface area contributed by atoms with Crippen molar-refractivity contribution in [3.8, 4) is 0 Å². The number of rotatable bonds is 5. The number of hydrogen-bond donors (Lipinski definition) is 1. The molecule has 2 aliphatic rings. The van der Waals surface area contributed by atoms with Gasteiger partial charge in [0.25, 0.3) is 0 Å². The summed E-state index contributed by atoms with van der Waals surface area (Å²) < 4.78 is 0. The maximum atomic E-state index is 3.74. The van der Waals surface area contributed by atoms with E-state index in [-0.39, 0.29) is 0 Å². The summed E-state index contributed by atoms with van der Waals surface area (Å²) in [6.45, 7) is 12.2. The van der Waals surface area contributed by atoms with E-state index in [9.17, 15) is 0 Å². The van der Waals surface area contributed by atoms with Gasteiger partial charge in [-0.2, -0.15) is 0 Å². The molecule has 0 aromatic carbocycles. The van der Waals surface area contributed by atoms with Crippen LogP contribution in [0, 0.1) is 11.3 Å². The standard InChI is InChI=1S/C15H30N2/c1-4-13(3)14-11-17(10-6-9-16-14)12-15(5-2)7-8-15/h13-14,16H,4-12H2,1-3H3. The van der Waals surface area contributed by atoms with Crippen molar-refractivity contribution in [3.63, 3.8) is 0 Å². The first-order valence-corrected chi connectivity index (χ1v) is 7.65. The average Bonchev–Trinajstić information content (AvgIpc) is 3.14. The van der Waals surface area contributed by atoms with Gasteiger partial charge >= 0.3 is 0 Å². The van der Waals surface area contributed by atoms with E-state index in [2.05, 4.69) is 31.0 Å². The number of nitrogens with one attached hydrogen (secondary N) is 1. The van der Waals surface area contributed by atoms with Gasteiger partial charge in [0, 0.05) is 19.1 Å². The van der Waals surface area contributed by atoms with Crippen LogP contribution >= 0.6 is 0 Å². The van der Waals surface area contributed by atoms with Crippen LogP contribution in [0.1, 0.15) is 52.9 Å². The lowest BCUT2D eigenvalue weighted by molar-refractivity contribution is 0.195. The number of nitrogens with zero attached hydrogens (tertiary/aromatic N) is 1. The summed E-state index contributed by atoms with van der Waals surface area (Å²) >= 11 is 0. The smallest absolute Gasteiger partial charge is 0.0220 e. The normalized spacial score (nSPS) is 30.9. The molecule has 2 fully saturated rings. The summed E-state index contributed by atoms with van der Waals surface area (Å²) in [5.41, 5.74) is 0.713. The molecule has 0 spiro atoms. The van der Waals surface area contributed by atoms with Crippen LogP contribution in [0.15, 0.2) is 0 Å². The van der Waals surface area contributed by atoms with Gasteiger partial charge in [-0.1, -0.05) is 27.2 Å². The first kappa shape index (κ1) is 13.4. The van der Waals surface area contributed by atoms with Gasteiger partial charge in [-0.05, 0) is 50.1 Å². The van der Waals surface area contributed by atoms with Crippen molar-refractivity contribution in [1.29, 1.82) is 0 Å². The monoisotopic (exact) mass is 238 g/mol. The van der Waals surface area contributed by atoms with Crippen LogP contribution in [0.2, 0.25) is 0 Å². The molecule has 1 heterocycles. The molecule has 0 amide bonds. The maximum absolute atomic E-state index is 3.74. The highest BCUT2D eigenvalue weighted by molar-refractivity contribution is 4.95. The average molecular weight is 238 g/mol. The van der Waals surface area contributed by atoms with Crippen LogP contribution in [-0.4, -0.2) is 37.1 Å². The van der Waals surface area contributed by atoms with Crippen molar-refractivity contribution < 1.29 is 0 Å². The molecule has 1 N–H and O–H groups in total.